The number of thiophene rings is 1. The number of carbonyl (C=O) groups excluding carboxylic acids is 1. The molecule has 1 heterocycles. The van der Waals surface area contributed by atoms with Crippen LogP contribution in [0.25, 0.3) is 10.4 Å². The first kappa shape index (κ1) is 11.0. The molecule has 0 saturated carbocycles. The molecule has 0 aliphatic rings. The van der Waals surface area contributed by atoms with Crippen LogP contribution in [0.3, 0.4) is 0 Å². The van der Waals surface area contributed by atoms with Crippen LogP contribution in [0, 0.1) is 0 Å². The highest BCUT2D eigenvalue weighted by Gasteiger charge is 2.12. The topological polar surface area (TPSA) is 69.1 Å². The van der Waals surface area contributed by atoms with Crippen molar-refractivity contribution in [3.05, 3.63) is 40.2 Å². The zero-order valence-corrected chi connectivity index (χ0v) is 9.81. The van der Waals surface area contributed by atoms with Crippen LogP contribution in [0.4, 0.5) is 5.69 Å². The fourth-order valence-corrected chi connectivity index (χ4v) is 2.50. The molecule has 0 aliphatic heterocycles. The van der Waals surface area contributed by atoms with Gasteiger partial charge in [-0.25, -0.2) is 0 Å². The lowest BCUT2D eigenvalue weighted by Crippen LogP contribution is -2.10. The van der Waals surface area contributed by atoms with E-state index >= 15 is 0 Å². The monoisotopic (exact) mass is 252 g/mol. The van der Waals surface area contributed by atoms with E-state index in [9.17, 15) is 4.79 Å². The smallest absolute Gasteiger partial charge is 0.260 e. The maximum absolute atomic E-state index is 11.1. The lowest BCUT2D eigenvalue weighted by molar-refractivity contribution is 0.100. The second kappa shape index (κ2) is 4.15. The molecule has 0 fully saturated rings. The second-order valence-electron chi connectivity index (χ2n) is 3.27. The Morgan fingerprint density at radius 1 is 1.31 bits per heavy atom. The number of hydrogen-bond donors (Lipinski definition) is 2. The Morgan fingerprint density at radius 2 is 2.06 bits per heavy atom. The number of anilines is 1. The van der Waals surface area contributed by atoms with Crippen molar-refractivity contribution in [1.82, 2.24) is 0 Å². The Balaban J connectivity index is 2.49. The second-order valence-corrected chi connectivity index (χ2v) is 4.76. The largest absolute Gasteiger partial charge is 0.397 e. The van der Waals surface area contributed by atoms with Crippen molar-refractivity contribution < 1.29 is 4.79 Å². The van der Waals surface area contributed by atoms with Gasteiger partial charge in [0.2, 0.25) is 0 Å². The van der Waals surface area contributed by atoms with Crippen molar-refractivity contribution in [3.63, 3.8) is 0 Å². The Kier molecular flexibility index (Phi) is 2.85. The average molecular weight is 253 g/mol. The van der Waals surface area contributed by atoms with Crippen molar-refractivity contribution in [2.75, 3.05) is 5.73 Å². The number of benzene rings is 1. The molecule has 1 amide bonds. The van der Waals surface area contributed by atoms with Crippen LogP contribution in [0.5, 0.6) is 0 Å². The van der Waals surface area contributed by atoms with Gasteiger partial charge >= 0.3 is 0 Å². The molecule has 0 atom stereocenters. The van der Waals surface area contributed by atoms with Crippen LogP contribution in [-0.2, 0) is 0 Å². The minimum absolute atomic E-state index is 0.384. The number of rotatable bonds is 2. The number of amides is 1. The lowest BCUT2D eigenvalue weighted by Gasteiger charge is -1.96. The fourth-order valence-electron chi connectivity index (χ4n) is 1.38. The molecule has 2 aromatic rings. The fraction of sp³-hybridized carbons (Fsp3) is 0. The molecule has 82 valence electrons. The summed E-state index contributed by atoms with van der Waals surface area (Å²) in [5.41, 5.74) is 12.2. The summed E-state index contributed by atoms with van der Waals surface area (Å²) in [6.45, 7) is 0. The predicted molar refractivity (Wildman–Crippen MR) is 67.7 cm³/mol. The summed E-state index contributed by atoms with van der Waals surface area (Å²) in [4.78, 5) is 12.3. The normalized spacial score (nSPS) is 10.3. The van der Waals surface area contributed by atoms with Gasteiger partial charge in [-0.1, -0.05) is 23.7 Å². The molecule has 1 aromatic carbocycles. The molecular weight excluding hydrogens is 244 g/mol. The van der Waals surface area contributed by atoms with Gasteiger partial charge in [0.1, 0.15) is 4.88 Å². The molecule has 0 saturated heterocycles. The van der Waals surface area contributed by atoms with Gasteiger partial charge in [-0.05, 0) is 23.8 Å². The van der Waals surface area contributed by atoms with Crippen molar-refractivity contribution in [2.45, 2.75) is 0 Å². The van der Waals surface area contributed by atoms with Gasteiger partial charge in [-0.2, -0.15) is 0 Å². The van der Waals surface area contributed by atoms with E-state index in [0.29, 0.717) is 15.6 Å². The molecule has 16 heavy (non-hydrogen) atoms. The summed E-state index contributed by atoms with van der Waals surface area (Å²) in [6, 6.07) is 9.09. The van der Waals surface area contributed by atoms with E-state index in [1.807, 2.05) is 18.2 Å². The molecule has 5 heteroatoms. The first-order chi connectivity index (χ1) is 7.58. The van der Waals surface area contributed by atoms with Gasteiger partial charge in [0.25, 0.3) is 5.91 Å². The maximum Gasteiger partial charge on any atom is 0.260 e. The third kappa shape index (κ3) is 2.03. The minimum Gasteiger partial charge on any atom is -0.397 e. The maximum atomic E-state index is 11.1. The highest BCUT2D eigenvalue weighted by atomic mass is 35.5. The third-order valence-corrected chi connectivity index (χ3v) is 3.54. The number of nitrogens with two attached hydrogens (primary N) is 2. The number of carbonyl (C=O) groups is 1. The van der Waals surface area contributed by atoms with E-state index in [1.165, 1.54) is 11.3 Å². The zero-order chi connectivity index (χ0) is 11.7. The van der Waals surface area contributed by atoms with E-state index in [2.05, 4.69) is 0 Å². The molecular formula is C11H9ClN2OS. The summed E-state index contributed by atoms with van der Waals surface area (Å²) in [7, 11) is 0. The van der Waals surface area contributed by atoms with Gasteiger partial charge in [-0.15, -0.1) is 11.3 Å². The van der Waals surface area contributed by atoms with Crippen LogP contribution < -0.4 is 11.5 Å². The van der Waals surface area contributed by atoms with Crippen molar-refractivity contribution in [1.29, 1.82) is 0 Å². The van der Waals surface area contributed by atoms with Crippen molar-refractivity contribution in [2.24, 2.45) is 5.73 Å². The predicted octanol–water partition coefficient (Wildman–Crippen LogP) is 2.75. The van der Waals surface area contributed by atoms with Gasteiger partial charge in [0.05, 0.1) is 5.69 Å². The minimum atomic E-state index is -0.504. The molecule has 0 bridgehead atoms. The first-order valence-electron chi connectivity index (χ1n) is 4.53. The highest BCUT2D eigenvalue weighted by Crippen LogP contribution is 2.33. The molecule has 3 nitrogen and oxygen atoms in total. The van der Waals surface area contributed by atoms with Crippen LogP contribution in [-0.4, -0.2) is 5.91 Å². The van der Waals surface area contributed by atoms with E-state index in [-0.39, 0.29) is 0 Å². The first-order valence-corrected chi connectivity index (χ1v) is 5.72. The average Bonchev–Trinajstić information content (AvgIpc) is 2.60. The molecule has 0 radical (unpaired) electrons. The number of halogens is 1. The highest BCUT2D eigenvalue weighted by molar-refractivity contribution is 7.18. The molecule has 1 aromatic heterocycles. The third-order valence-electron chi connectivity index (χ3n) is 2.09. The van der Waals surface area contributed by atoms with Crippen molar-refractivity contribution in [3.8, 4) is 10.4 Å². The zero-order valence-electron chi connectivity index (χ0n) is 8.24. The van der Waals surface area contributed by atoms with Crippen LogP contribution >= 0.6 is 22.9 Å². The Hall–Kier alpha value is -1.52. The van der Waals surface area contributed by atoms with Gasteiger partial charge in [0.15, 0.2) is 0 Å². The van der Waals surface area contributed by atoms with Crippen LogP contribution in [0.2, 0.25) is 5.02 Å². The number of nitrogen functional groups attached to an aromatic ring is 1. The summed E-state index contributed by atoms with van der Waals surface area (Å²) in [5, 5.41) is 0.644. The van der Waals surface area contributed by atoms with Gasteiger partial charge < -0.3 is 11.5 Å². The quantitative estimate of drug-likeness (QED) is 0.863. The van der Waals surface area contributed by atoms with E-state index < -0.39 is 5.91 Å². The Morgan fingerprint density at radius 3 is 2.62 bits per heavy atom. The summed E-state index contributed by atoms with van der Waals surface area (Å²) < 4.78 is 0. The molecule has 0 unspecified atom stereocenters. The molecule has 0 aliphatic carbocycles. The molecule has 4 N–H and O–H groups in total. The SMILES string of the molecule is NC(=O)c1sc(-c2cccc(Cl)c2)cc1N. The van der Waals surface area contributed by atoms with E-state index in [1.54, 1.807) is 12.1 Å². The molecule has 2 rings (SSSR count). The van der Waals surface area contributed by atoms with Gasteiger partial charge in [-0.3, -0.25) is 4.79 Å². The Labute approximate surface area is 102 Å². The van der Waals surface area contributed by atoms with Crippen LogP contribution in [0.15, 0.2) is 30.3 Å². The lowest BCUT2D eigenvalue weighted by atomic mass is 10.2. The van der Waals surface area contributed by atoms with Gasteiger partial charge in [0, 0.05) is 9.90 Å². The van der Waals surface area contributed by atoms with E-state index in [0.717, 1.165) is 10.4 Å². The summed E-state index contributed by atoms with van der Waals surface area (Å²) in [5.74, 6) is -0.504. The Bertz CT molecular complexity index is 551. The summed E-state index contributed by atoms with van der Waals surface area (Å²) >= 11 is 7.16. The van der Waals surface area contributed by atoms with Crippen molar-refractivity contribution >= 4 is 34.5 Å². The standard InChI is InChI=1S/C11H9ClN2OS/c12-7-3-1-2-6(4-7)9-5-8(13)10(16-9)11(14)15/h1-5H,13H2,(H2,14,15). The van der Waals surface area contributed by atoms with E-state index in [4.69, 9.17) is 23.1 Å². The molecule has 0 spiro atoms. The summed E-state index contributed by atoms with van der Waals surface area (Å²) in [6.07, 6.45) is 0. The number of primary amides is 1. The number of hydrogen-bond acceptors (Lipinski definition) is 3. The van der Waals surface area contributed by atoms with Crippen LogP contribution in [0.1, 0.15) is 9.67 Å².